The molecule has 0 radical (unpaired) electrons. The van der Waals surface area contributed by atoms with E-state index in [1.807, 2.05) is 0 Å². The maximum atomic E-state index is 10.6. The lowest BCUT2D eigenvalue weighted by atomic mass is 10.2. The minimum atomic E-state index is -0.986. The molecule has 0 amide bonds. The van der Waals surface area contributed by atoms with Crippen LogP contribution in [0.2, 0.25) is 0 Å². The number of hydrogen-bond donors (Lipinski definition) is 3. The van der Waals surface area contributed by atoms with E-state index in [0.29, 0.717) is 12.8 Å². The lowest BCUT2D eigenvalue weighted by molar-refractivity contribution is -0.152. The Morgan fingerprint density at radius 2 is 1.23 bits per heavy atom. The van der Waals surface area contributed by atoms with Crippen LogP contribution in [0.15, 0.2) is 0 Å². The summed E-state index contributed by atoms with van der Waals surface area (Å²) in [5.41, 5.74) is 4.50. The second kappa shape index (κ2) is 29.3. The molecular weight excluding hydrogens is 418 g/mol. The van der Waals surface area contributed by atoms with Gasteiger partial charge in [-0.3, -0.25) is 28.8 Å². The molecule has 1 aliphatic heterocycles. The first-order chi connectivity index (χ1) is 14.2. The number of aliphatic hydroxyl groups excluding tert-OH is 1. The SMILES string of the molecule is C.CCC(=O)CCC(=O)OC.CN.CO.COC(=O)CCC(=O)O.O=C1CCC(=O)O1. The summed E-state index contributed by atoms with van der Waals surface area (Å²) < 4.78 is 12.6. The van der Waals surface area contributed by atoms with Crippen LogP contribution in [0.5, 0.6) is 0 Å². The Labute approximate surface area is 183 Å². The Morgan fingerprint density at radius 3 is 1.45 bits per heavy atom. The Balaban J connectivity index is -0.0000000999. The number of hydrogen-bond acceptors (Lipinski definition) is 11. The predicted molar refractivity (Wildman–Crippen MR) is 111 cm³/mol. The smallest absolute Gasteiger partial charge is 0.314 e. The zero-order chi connectivity index (χ0) is 24.5. The van der Waals surface area contributed by atoms with E-state index >= 15 is 0 Å². The molecule has 12 heteroatoms. The number of aliphatic hydroxyl groups is 1. The number of carbonyl (C=O) groups excluding carboxylic acids is 5. The van der Waals surface area contributed by atoms with E-state index in [9.17, 15) is 28.8 Å². The van der Waals surface area contributed by atoms with E-state index in [-0.39, 0.29) is 51.3 Å². The third-order valence-electron chi connectivity index (χ3n) is 2.76. The van der Waals surface area contributed by atoms with Crippen LogP contribution in [0, 0.1) is 0 Å². The molecule has 1 aliphatic rings. The van der Waals surface area contributed by atoms with Crippen molar-refractivity contribution in [2.75, 3.05) is 28.4 Å². The summed E-state index contributed by atoms with van der Waals surface area (Å²) in [5, 5.41) is 15.1. The molecule has 1 rings (SSSR count). The van der Waals surface area contributed by atoms with Crippen LogP contribution in [-0.4, -0.2) is 74.2 Å². The minimum absolute atomic E-state index is 0. The van der Waals surface area contributed by atoms with E-state index in [0.717, 1.165) is 7.11 Å². The van der Waals surface area contributed by atoms with Crippen molar-refractivity contribution in [1.29, 1.82) is 0 Å². The summed E-state index contributed by atoms with van der Waals surface area (Å²) in [4.78, 5) is 61.1. The summed E-state index contributed by atoms with van der Waals surface area (Å²) in [5.74, 6) is -2.49. The summed E-state index contributed by atoms with van der Waals surface area (Å²) in [6, 6.07) is 0. The van der Waals surface area contributed by atoms with Gasteiger partial charge in [0.1, 0.15) is 5.78 Å². The summed E-state index contributed by atoms with van der Waals surface area (Å²) in [6.07, 6.45) is 1.33. The molecule has 0 aromatic carbocycles. The van der Waals surface area contributed by atoms with E-state index in [1.165, 1.54) is 21.3 Å². The fraction of sp³-hybridized carbons (Fsp3) is 0.684. The number of carboxylic acid groups (broad SMARTS) is 1. The van der Waals surface area contributed by atoms with Crippen LogP contribution < -0.4 is 5.73 Å². The second-order valence-corrected chi connectivity index (χ2v) is 4.78. The lowest BCUT2D eigenvalue weighted by Gasteiger charge is -1.95. The van der Waals surface area contributed by atoms with Gasteiger partial charge in [-0.1, -0.05) is 14.4 Å². The van der Waals surface area contributed by atoms with Crippen molar-refractivity contribution < 1.29 is 53.2 Å². The number of aliphatic carboxylic acids is 1. The molecule has 0 aromatic heterocycles. The van der Waals surface area contributed by atoms with Crippen molar-refractivity contribution in [3.8, 4) is 0 Å². The Morgan fingerprint density at radius 1 is 0.871 bits per heavy atom. The van der Waals surface area contributed by atoms with Gasteiger partial charge in [0.2, 0.25) is 0 Å². The molecule has 1 saturated heterocycles. The molecule has 1 heterocycles. The predicted octanol–water partition coefficient (Wildman–Crippen LogP) is 0.612. The van der Waals surface area contributed by atoms with Crippen LogP contribution in [0.3, 0.4) is 0 Å². The number of rotatable bonds is 7. The van der Waals surface area contributed by atoms with Crippen molar-refractivity contribution in [2.45, 2.75) is 59.3 Å². The van der Waals surface area contributed by atoms with Crippen LogP contribution in [-0.2, 0) is 43.0 Å². The van der Waals surface area contributed by atoms with E-state index in [2.05, 4.69) is 19.9 Å². The van der Waals surface area contributed by atoms with Gasteiger partial charge < -0.3 is 30.2 Å². The Hall–Kier alpha value is -2.86. The van der Waals surface area contributed by atoms with Crippen molar-refractivity contribution in [3.63, 3.8) is 0 Å². The number of esters is 4. The quantitative estimate of drug-likeness (QED) is 0.275. The van der Waals surface area contributed by atoms with Crippen LogP contribution in [0.25, 0.3) is 0 Å². The van der Waals surface area contributed by atoms with Crippen molar-refractivity contribution >= 4 is 35.6 Å². The third-order valence-corrected chi connectivity index (χ3v) is 2.76. The van der Waals surface area contributed by atoms with Gasteiger partial charge in [-0.2, -0.15) is 0 Å². The van der Waals surface area contributed by atoms with Gasteiger partial charge in [0.15, 0.2) is 0 Å². The molecular formula is C19H37NO11. The van der Waals surface area contributed by atoms with Gasteiger partial charge in [-0.25, -0.2) is 0 Å². The summed E-state index contributed by atoms with van der Waals surface area (Å²) in [6.45, 7) is 1.78. The molecule has 0 spiro atoms. The molecule has 0 atom stereocenters. The van der Waals surface area contributed by atoms with E-state index in [1.54, 1.807) is 6.92 Å². The number of carbonyl (C=O) groups is 6. The normalized spacial score (nSPS) is 10.3. The Kier molecular flexibility index (Phi) is 36.6. The van der Waals surface area contributed by atoms with E-state index in [4.69, 9.17) is 10.2 Å². The standard InChI is InChI=1S/C7H12O3.C5H8O4.C4H4O3.CH5N.CH4O.CH4/c1-3-6(8)4-5-7(9)10-2;1-9-5(8)3-2-4(6)7;5-3-1-2-4(6)7-3;2*1-2;/h3-5H2,1-2H3;2-3H2,1H3,(H,6,7);1-2H2;2H2,1H3;2H,1H3;1H4. The van der Waals surface area contributed by atoms with Crippen LogP contribution in [0.1, 0.15) is 59.3 Å². The van der Waals surface area contributed by atoms with Crippen molar-refractivity contribution in [2.24, 2.45) is 5.73 Å². The van der Waals surface area contributed by atoms with Crippen LogP contribution in [0.4, 0.5) is 0 Å². The Bertz CT molecular complexity index is 489. The minimum Gasteiger partial charge on any atom is -0.481 e. The molecule has 0 unspecified atom stereocenters. The average molecular weight is 456 g/mol. The number of nitrogens with two attached hydrogens (primary N) is 1. The topological polar surface area (TPSA) is 197 Å². The van der Waals surface area contributed by atoms with Gasteiger partial charge >= 0.3 is 29.8 Å². The number of methoxy groups -OCH3 is 2. The maximum absolute atomic E-state index is 10.6. The number of carboxylic acids is 1. The highest BCUT2D eigenvalue weighted by atomic mass is 16.6. The molecule has 1 fully saturated rings. The summed E-state index contributed by atoms with van der Waals surface area (Å²) in [7, 11) is 5.04. The first-order valence-electron chi connectivity index (χ1n) is 8.79. The molecule has 0 saturated carbocycles. The number of Topliss-reactive ketones (excluding diaryl/α,β-unsaturated/α-hetero) is 1. The molecule has 0 bridgehead atoms. The molecule has 184 valence electrons. The van der Waals surface area contributed by atoms with Gasteiger partial charge in [0.25, 0.3) is 0 Å². The number of ether oxygens (including phenoxy) is 3. The fourth-order valence-electron chi connectivity index (χ4n) is 1.26. The van der Waals surface area contributed by atoms with Gasteiger partial charge in [0, 0.05) is 20.0 Å². The first kappa shape index (κ1) is 38.7. The van der Waals surface area contributed by atoms with E-state index < -0.39 is 23.9 Å². The molecule has 12 nitrogen and oxygen atoms in total. The van der Waals surface area contributed by atoms with Crippen molar-refractivity contribution in [3.05, 3.63) is 0 Å². The lowest BCUT2D eigenvalue weighted by Crippen LogP contribution is -2.04. The molecule has 4 N–H and O–H groups in total. The fourth-order valence-corrected chi connectivity index (χ4v) is 1.26. The van der Waals surface area contributed by atoms with Crippen LogP contribution >= 0.6 is 0 Å². The molecule has 0 aliphatic carbocycles. The van der Waals surface area contributed by atoms with Gasteiger partial charge in [-0.15, -0.1) is 0 Å². The monoisotopic (exact) mass is 455 g/mol. The molecule has 0 aromatic rings. The first-order valence-corrected chi connectivity index (χ1v) is 8.79. The number of ketones is 1. The highest BCUT2D eigenvalue weighted by Crippen LogP contribution is 2.03. The maximum Gasteiger partial charge on any atom is 0.314 e. The second-order valence-electron chi connectivity index (χ2n) is 4.78. The summed E-state index contributed by atoms with van der Waals surface area (Å²) >= 11 is 0. The zero-order valence-electron chi connectivity index (χ0n) is 18.1. The van der Waals surface area contributed by atoms with Gasteiger partial charge in [-0.05, 0) is 7.05 Å². The largest absolute Gasteiger partial charge is 0.481 e. The van der Waals surface area contributed by atoms with Crippen molar-refractivity contribution in [1.82, 2.24) is 0 Å². The highest BCUT2D eigenvalue weighted by Gasteiger charge is 2.19. The van der Waals surface area contributed by atoms with Gasteiger partial charge in [0.05, 0.1) is 46.3 Å². The number of cyclic esters (lactones) is 2. The average Bonchev–Trinajstić information content (AvgIpc) is 3.15. The zero-order valence-corrected chi connectivity index (χ0v) is 18.1. The third kappa shape index (κ3) is 35.0. The highest BCUT2D eigenvalue weighted by molar-refractivity contribution is 5.92. The molecule has 31 heavy (non-hydrogen) atoms.